The second-order valence-electron chi connectivity index (χ2n) is 5.20. The van der Waals surface area contributed by atoms with Crippen LogP contribution in [0.1, 0.15) is 23.6 Å². The zero-order valence-electron chi connectivity index (χ0n) is 11.9. The van der Waals surface area contributed by atoms with Crippen molar-refractivity contribution >= 4 is 23.5 Å². The van der Waals surface area contributed by atoms with E-state index in [9.17, 15) is 4.79 Å². The minimum atomic E-state index is -0.146. The molecule has 0 spiro atoms. The first-order chi connectivity index (χ1) is 10.2. The molecule has 2 aromatic carbocycles. The van der Waals surface area contributed by atoms with Crippen LogP contribution < -0.4 is 10.6 Å². The van der Waals surface area contributed by atoms with Crippen LogP contribution in [-0.2, 0) is 0 Å². The van der Waals surface area contributed by atoms with Crippen molar-refractivity contribution in [3.63, 3.8) is 0 Å². The quantitative estimate of drug-likeness (QED) is 0.865. The number of fused-ring (bicyclic) bond motifs is 1. The van der Waals surface area contributed by atoms with Crippen LogP contribution in [0.25, 0.3) is 0 Å². The van der Waals surface area contributed by atoms with E-state index in [-0.39, 0.29) is 12.1 Å². The lowest BCUT2D eigenvalue weighted by molar-refractivity contribution is 0.248. The number of nitrogens with one attached hydrogen (secondary N) is 2. The van der Waals surface area contributed by atoms with Crippen molar-refractivity contribution in [1.82, 2.24) is 5.32 Å². The molecule has 0 aliphatic carbocycles. The molecule has 1 heterocycles. The summed E-state index contributed by atoms with van der Waals surface area (Å²) in [6, 6.07) is 16.0. The molecule has 0 aromatic heterocycles. The van der Waals surface area contributed by atoms with Gasteiger partial charge in [-0.1, -0.05) is 30.3 Å². The Morgan fingerprint density at radius 1 is 1.19 bits per heavy atom. The Labute approximate surface area is 129 Å². The van der Waals surface area contributed by atoms with Gasteiger partial charge in [0.15, 0.2) is 0 Å². The average molecular weight is 298 g/mol. The number of anilines is 1. The predicted octanol–water partition coefficient (Wildman–Crippen LogP) is 4.35. The third-order valence-electron chi connectivity index (χ3n) is 3.54. The highest BCUT2D eigenvalue weighted by molar-refractivity contribution is 7.99. The largest absolute Gasteiger partial charge is 0.331 e. The van der Waals surface area contributed by atoms with E-state index in [2.05, 4.69) is 22.8 Å². The number of urea groups is 1. The van der Waals surface area contributed by atoms with Crippen molar-refractivity contribution in [2.24, 2.45) is 0 Å². The molecule has 1 aliphatic heterocycles. The van der Waals surface area contributed by atoms with Gasteiger partial charge in [0.2, 0.25) is 0 Å². The Morgan fingerprint density at radius 2 is 2.05 bits per heavy atom. The fourth-order valence-corrected chi connectivity index (χ4v) is 3.67. The van der Waals surface area contributed by atoms with Crippen molar-refractivity contribution < 1.29 is 4.79 Å². The molecule has 2 amide bonds. The Balaban J connectivity index is 1.68. The molecule has 0 unspecified atom stereocenters. The van der Waals surface area contributed by atoms with Crippen LogP contribution in [0.2, 0.25) is 0 Å². The van der Waals surface area contributed by atoms with Crippen molar-refractivity contribution in [3.8, 4) is 0 Å². The van der Waals surface area contributed by atoms with E-state index in [4.69, 9.17) is 0 Å². The van der Waals surface area contributed by atoms with Crippen molar-refractivity contribution in [2.75, 3.05) is 11.1 Å². The summed E-state index contributed by atoms with van der Waals surface area (Å²) in [6.07, 6.45) is 0.961. The summed E-state index contributed by atoms with van der Waals surface area (Å²) in [4.78, 5) is 13.4. The second kappa shape index (κ2) is 6.22. The van der Waals surface area contributed by atoms with Gasteiger partial charge in [-0.05, 0) is 42.7 Å². The molecule has 1 atom stereocenters. The van der Waals surface area contributed by atoms with Gasteiger partial charge in [0.1, 0.15) is 0 Å². The Hall–Kier alpha value is -1.94. The summed E-state index contributed by atoms with van der Waals surface area (Å²) in [5.74, 6) is 1.03. The van der Waals surface area contributed by atoms with Crippen LogP contribution in [0.5, 0.6) is 0 Å². The number of hydrogen-bond acceptors (Lipinski definition) is 2. The number of aryl methyl sites for hydroxylation is 1. The lowest BCUT2D eigenvalue weighted by atomic mass is 10.0. The van der Waals surface area contributed by atoms with E-state index in [1.54, 1.807) is 0 Å². The second-order valence-corrected chi connectivity index (χ2v) is 6.33. The zero-order chi connectivity index (χ0) is 14.7. The first kappa shape index (κ1) is 14.0. The molecule has 21 heavy (non-hydrogen) atoms. The summed E-state index contributed by atoms with van der Waals surface area (Å²) >= 11 is 1.85. The Kier molecular flexibility index (Phi) is 4.15. The number of thioether (sulfide) groups is 1. The fourth-order valence-electron chi connectivity index (χ4n) is 2.54. The number of rotatable bonds is 2. The number of carbonyl (C=O) groups excluding carboxylic acids is 1. The van der Waals surface area contributed by atoms with E-state index in [1.165, 1.54) is 10.5 Å². The minimum Gasteiger partial charge on any atom is -0.331 e. The predicted molar refractivity (Wildman–Crippen MR) is 87.9 cm³/mol. The molecule has 0 bridgehead atoms. The van der Waals surface area contributed by atoms with Gasteiger partial charge in [0.25, 0.3) is 0 Å². The normalized spacial score (nSPS) is 16.9. The average Bonchev–Trinajstić information content (AvgIpc) is 2.47. The summed E-state index contributed by atoms with van der Waals surface area (Å²) in [5.41, 5.74) is 3.17. The number of hydrogen-bond donors (Lipinski definition) is 2. The molecule has 2 N–H and O–H groups in total. The van der Waals surface area contributed by atoms with Gasteiger partial charge in [0, 0.05) is 16.3 Å². The van der Waals surface area contributed by atoms with Gasteiger partial charge in [-0.2, -0.15) is 0 Å². The van der Waals surface area contributed by atoms with E-state index in [0.717, 1.165) is 23.4 Å². The van der Waals surface area contributed by atoms with Gasteiger partial charge in [0.05, 0.1) is 6.04 Å². The highest BCUT2D eigenvalue weighted by Gasteiger charge is 2.21. The van der Waals surface area contributed by atoms with E-state index < -0.39 is 0 Å². The van der Waals surface area contributed by atoms with E-state index in [0.29, 0.717) is 0 Å². The Morgan fingerprint density at radius 3 is 2.90 bits per heavy atom. The topological polar surface area (TPSA) is 41.1 Å². The third kappa shape index (κ3) is 3.39. The van der Waals surface area contributed by atoms with Gasteiger partial charge in [-0.3, -0.25) is 0 Å². The van der Waals surface area contributed by atoms with Crippen molar-refractivity contribution in [2.45, 2.75) is 24.3 Å². The lowest BCUT2D eigenvalue weighted by Crippen LogP contribution is -2.34. The molecule has 0 fully saturated rings. The molecule has 2 aromatic rings. The standard InChI is InChI=1S/C17H18N2OS/c1-12-5-4-6-13(11-12)18-17(20)19-15-9-10-21-16-8-3-2-7-14(15)16/h2-8,11,15H,9-10H2,1H3,(H2,18,19,20)/t15-/m1/s1. The molecule has 0 saturated carbocycles. The molecular weight excluding hydrogens is 280 g/mol. The molecular formula is C17H18N2OS. The van der Waals surface area contributed by atoms with Crippen molar-refractivity contribution in [1.29, 1.82) is 0 Å². The summed E-state index contributed by atoms with van der Waals surface area (Å²) < 4.78 is 0. The third-order valence-corrected chi connectivity index (χ3v) is 4.66. The van der Waals surface area contributed by atoms with Crippen LogP contribution in [0, 0.1) is 6.92 Å². The van der Waals surface area contributed by atoms with Gasteiger partial charge < -0.3 is 10.6 Å². The number of carbonyl (C=O) groups is 1. The maximum absolute atomic E-state index is 12.2. The minimum absolute atomic E-state index is 0.0901. The van der Waals surface area contributed by atoms with Crippen LogP contribution in [-0.4, -0.2) is 11.8 Å². The smallest absolute Gasteiger partial charge is 0.319 e. The van der Waals surface area contributed by atoms with Gasteiger partial charge in [-0.25, -0.2) is 4.79 Å². The van der Waals surface area contributed by atoms with Crippen LogP contribution >= 0.6 is 11.8 Å². The van der Waals surface area contributed by atoms with E-state index in [1.807, 2.05) is 55.1 Å². The van der Waals surface area contributed by atoms with Crippen LogP contribution in [0.4, 0.5) is 10.5 Å². The molecule has 1 aliphatic rings. The number of amides is 2. The van der Waals surface area contributed by atoms with Gasteiger partial charge >= 0.3 is 6.03 Å². The molecule has 108 valence electrons. The highest BCUT2D eigenvalue weighted by atomic mass is 32.2. The lowest BCUT2D eigenvalue weighted by Gasteiger charge is -2.26. The summed E-state index contributed by atoms with van der Waals surface area (Å²) in [5, 5.41) is 5.98. The maximum Gasteiger partial charge on any atom is 0.319 e. The Bertz CT molecular complexity index is 657. The SMILES string of the molecule is Cc1cccc(NC(=O)N[C@@H]2CCSc3ccccc32)c1. The maximum atomic E-state index is 12.2. The van der Waals surface area contributed by atoms with E-state index >= 15 is 0 Å². The van der Waals surface area contributed by atoms with Gasteiger partial charge in [-0.15, -0.1) is 11.8 Å². The molecule has 3 rings (SSSR count). The highest BCUT2D eigenvalue weighted by Crippen LogP contribution is 2.35. The molecule has 3 nitrogen and oxygen atoms in total. The molecule has 4 heteroatoms. The molecule has 0 saturated heterocycles. The summed E-state index contributed by atoms with van der Waals surface area (Å²) in [6.45, 7) is 2.01. The first-order valence-corrected chi connectivity index (χ1v) is 8.07. The van der Waals surface area contributed by atoms with Crippen molar-refractivity contribution in [3.05, 3.63) is 59.7 Å². The van der Waals surface area contributed by atoms with Crippen LogP contribution in [0.15, 0.2) is 53.4 Å². The monoisotopic (exact) mass is 298 g/mol. The zero-order valence-corrected chi connectivity index (χ0v) is 12.7. The fraction of sp³-hybridized carbons (Fsp3) is 0.235. The molecule has 0 radical (unpaired) electrons. The van der Waals surface area contributed by atoms with Crippen LogP contribution in [0.3, 0.4) is 0 Å². The summed E-state index contributed by atoms with van der Waals surface area (Å²) in [7, 11) is 0. The first-order valence-electron chi connectivity index (χ1n) is 7.08. The number of benzene rings is 2.